The van der Waals surface area contributed by atoms with Crippen LogP contribution in [0, 0.1) is 12.7 Å². The monoisotopic (exact) mass is 344 g/mol. The smallest absolute Gasteiger partial charge is 0.252 e. The van der Waals surface area contributed by atoms with Crippen molar-refractivity contribution in [2.24, 2.45) is 0 Å². The number of benzene rings is 2. The van der Waals surface area contributed by atoms with Crippen LogP contribution in [0.5, 0.6) is 0 Å². The van der Waals surface area contributed by atoms with Crippen molar-refractivity contribution in [2.75, 3.05) is 17.7 Å². The zero-order valence-electron chi connectivity index (χ0n) is 13.4. The molecule has 0 saturated carbocycles. The second-order valence-corrected chi connectivity index (χ2v) is 6.51. The van der Waals surface area contributed by atoms with E-state index >= 15 is 0 Å². The Morgan fingerprint density at radius 3 is 2.58 bits per heavy atom. The second-order valence-electron chi connectivity index (χ2n) is 5.63. The fourth-order valence-electron chi connectivity index (χ4n) is 2.60. The van der Waals surface area contributed by atoms with Gasteiger partial charge < -0.3 is 10.2 Å². The summed E-state index contributed by atoms with van der Waals surface area (Å²) in [6, 6.07) is 10.9. The Balaban J connectivity index is 1.67. The maximum atomic E-state index is 12.9. The molecule has 1 unspecified atom stereocenters. The molecule has 0 radical (unpaired) electrons. The van der Waals surface area contributed by atoms with Crippen LogP contribution in [0.1, 0.15) is 15.9 Å². The molecule has 1 fully saturated rings. The summed E-state index contributed by atoms with van der Waals surface area (Å²) in [5.41, 5.74) is 2.08. The number of rotatable bonds is 4. The molecule has 6 heteroatoms. The molecular weight excluding hydrogens is 327 g/mol. The predicted octanol–water partition coefficient (Wildman–Crippen LogP) is 3.00. The largest absolute Gasteiger partial charge is 0.339 e. The molecule has 0 spiro atoms. The van der Waals surface area contributed by atoms with E-state index in [0.29, 0.717) is 17.8 Å². The molecule has 1 N–H and O–H groups in total. The molecule has 0 bridgehead atoms. The molecule has 1 heterocycles. The minimum absolute atomic E-state index is 0.186. The lowest BCUT2D eigenvalue weighted by molar-refractivity contribution is -0.124. The molecule has 1 atom stereocenters. The van der Waals surface area contributed by atoms with Gasteiger partial charge in [0.25, 0.3) is 11.8 Å². The number of aryl methyl sites for hydroxylation is 1. The number of amides is 2. The summed E-state index contributed by atoms with van der Waals surface area (Å²) in [6.45, 7) is 2.25. The van der Waals surface area contributed by atoms with E-state index in [1.165, 1.54) is 17.0 Å². The van der Waals surface area contributed by atoms with Gasteiger partial charge in [-0.1, -0.05) is 6.07 Å². The molecule has 4 nitrogen and oxygen atoms in total. The van der Waals surface area contributed by atoms with E-state index in [1.807, 2.05) is 31.4 Å². The molecule has 2 amide bonds. The molecule has 0 aromatic heterocycles. The van der Waals surface area contributed by atoms with Crippen molar-refractivity contribution in [3.63, 3.8) is 0 Å². The third-order valence-electron chi connectivity index (χ3n) is 4.06. The van der Waals surface area contributed by atoms with Gasteiger partial charge in [0.05, 0.1) is 6.54 Å². The van der Waals surface area contributed by atoms with Crippen LogP contribution in [-0.2, 0) is 4.79 Å². The Morgan fingerprint density at radius 2 is 1.96 bits per heavy atom. The Labute approximate surface area is 144 Å². The number of thioether (sulfide) groups is 1. The summed E-state index contributed by atoms with van der Waals surface area (Å²) in [4.78, 5) is 27.2. The van der Waals surface area contributed by atoms with Crippen molar-refractivity contribution in [3.05, 3.63) is 59.4 Å². The van der Waals surface area contributed by atoms with E-state index in [9.17, 15) is 14.0 Å². The highest BCUT2D eigenvalue weighted by Gasteiger charge is 2.38. The number of hydrogen-bond donors (Lipinski definition) is 1. The third-order valence-corrected chi connectivity index (χ3v) is 4.79. The summed E-state index contributed by atoms with van der Waals surface area (Å²) in [5.74, 6) is -0.783. The van der Waals surface area contributed by atoms with E-state index in [1.54, 1.807) is 23.9 Å². The quantitative estimate of drug-likeness (QED) is 0.685. The minimum Gasteiger partial charge on any atom is -0.339 e. The molecule has 24 heavy (non-hydrogen) atoms. The van der Waals surface area contributed by atoms with Gasteiger partial charge in [0.2, 0.25) is 0 Å². The van der Waals surface area contributed by atoms with E-state index in [0.717, 1.165) is 10.5 Å². The number of hydrogen-bond acceptors (Lipinski definition) is 3. The van der Waals surface area contributed by atoms with Crippen molar-refractivity contribution >= 4 is 29.3 Å². The van der Waals surface area contributed by atoms with Crippen LogP contribution in [0.2, 0.25) is 0 Å². The molecule has 0 aliphatic carbocycles. The number of carbonyl (C=O) groups is 2. The molecule has 2 aromatic rings. The van der Waals surface area contributed by atoms with Crippen molar-refractivity contribution < 1.29 is 14.0 Å². The van der Waals surface area contributed by atoms with Crippen LogP contribution in [0.15, 0.2) is 47.4 Å². The van der Waals surface area contributed by atoms with Gasteiger partial charge in [0, 0.05) is 16.1 Å². The predicted molar refractivity (Wildman–Crippen MR) is 93.0 cm³/mol. The summed E-state index contributed by atoms with van der Waals surface area (Å²) in [6.07, 6.45) is 1.95. The summed E-state index contributed by atoms with van der Waals surface area (Å²) in [7, 11) is 0. The highest BCUT2D eigenvalue weighted by molar-refractivity contribution is 7.98. The van der Waals surface area contributed by atoms with Gasteiger partial charge >= 0.3 is 0 Å². The molecule has 3 rings (SSSR count). The Hall–Kier alpha value is -2.34. The zero-order valence-corrected chi connectivity index (χ0v) is 14.2. The lowest BCUT2D eigenvalue weighted by atomic mass is 10.0. The van der Waals surface area contributed by atoms with Gasteiger partial charge in [-0.25, -0.2) is 4.39 Å². The van der Waals surface area contributed by atoms with Crippen LogP contribution in [0.25, 0.3) is 0 Å². The topological polar surface area (TPSA) is 49.4 Å². The van der Waals surface area contributed by atoms with Gasteiger partial charge in [-0.05, 0) is 55.1 Å². The number of nitrogens with zero attached hydrogens (tertiary/aromatic N) is 1. The maximum absolute atomic E-state index is 12.9. The van der Waals surface area contributed by atoms with Gasteiger partial charge in [-0.15, -0.1) is 11.8 Å². The van der Waals surface area contributed by atoms with Gasteiger partial charge in [-0.2, -0.15) is 0 Å². The van der Waals surface area contributed by atoms with E-state index in [4.69, 9.17) is 0 Å². The van der Waals surface area contributed by atoms with Crippen LogP contribution < -0.4 is 10.2 Å². The summed E-state index contributed by atoms with van der Waals surface area (Å²) in [5, 5.41) is 2.77. The van der Waals surface area contributed by atoms with E-state index < -0.39 is 6.04 Å². The molecular formula is C18H17FN2O2S. The highest BCUT2D eigenvalue weighted by atomic mass is 32.2. The second kappa shape index (κ2) is 6.65. The number of anilines is 1. The van der Waals surface area contributed by atoms with Crippen LogP contribution in [-0.4, -0.2) is 30.7 Å². The Morgan fingerprint density at radius 1 is 1.25 bits per heavy atom. The van der Waals surface area contributed by atoms with Crippen molar-refractivity contribution in [1.29, 1.82) is 0 Å². The number of nitrogens with one attached hydrogen (secondary N) is 1. The van der Waals surface area contributed by atoms with Crippen molar-refractivity contribution in [2.45, 2.75) is 17.9 Å². The fourth-order valence-corrected chi connectivity index (χ4v) is 3.04. The van der Waals surface area contributed by atoms with E-state index in [-0.39, 0.29) is 17.6 Å². The van der Waals surface area contributed by atoms with Gasteiger partial charge in [0.1, 0.15) is 11.9 Å². The number of halogens is 1. The lowest BCUT2D eigenvalue weighted by Crippen LogP contribution is -2.64. The third kappa shape index (κ3) is 3.14. The molecule has 1 aliphatic heterocycles. The first kappa shape index (κ1) is 16.5. The average molecular weight is 344 g/mol. The van der Waals surface area contributed by atoms with Crippen molar-refractivity contribution in [1.82, 2.24) is 5.32 Å². The van der Waals surface area contributed by atoms with Crippen LogP contribution in [0.3, 0.4) is 0 Å². The Bertz CT molecular complexity index is 792. The highest BCUT2D eigenvalue weighted by Crippen LogP contribution is 2.23. The van der Waals surface area contributed by atoms with E-state index in [2.05, 4.69) is 5.32 Å². The maximum Gasteiger partial charge on any atom is 0.252 e. The van der Waals surface area contributed by atoms with Crippen molar-refractivity contribution in [3.8, 4) is 0 Å². The fraction of sp³-hybridized carbons (Fsp3) is 0.222. The molecule has 1 saturated heterocycles. The number of carbonyl (C=O) groups excluding carboxylic acids is 2. The first-order valence-electron chi connectivity index (χ1n) is 7.52. The molecule has 1 aliphatic rings. The average Bonchev–Trinajstić information content (AvgIpc) is 2.59. The van der Waals surface area contributed by atoms with Gasteiger partial charge in [-0.3, -0.25) is 9.59 Å². The SMILES string of the molecule is CSc1ccc(C)c(C(=O)NC2CN(c3ccc(F)cc3)C2=O)c1. The van der Waals surface area contributed by atoms with Crippen LogP contribution >= 0.6 is 11.8 Å². The minimum atomic E-state index is -0.542. The van der Waals surface area contributed by atoms with Crippen LogP contribution in [0.4, 0.5) is 10.1 Å². The normalized spacial score (nSPS) is 16.7. The summed E-state index contributed by atoms with van der Waals surface area (Å²) < 4.78 is 12.9. The first-order chi connectivity index (χ1) is 11.5. The first-order valence-corrected chi connectivity index (χ1v) is 8.74. The lowest BCUT2D eigenvalue weighted by Gasteiger charge is -2.38. The molecule has 2 aromatic carbocycles. The molecule has 124 valence electrons. The summed E-state index contributed by atoms with van der Waals surface area (Å²) >= 11 is 1.56. The number of β-lactam (4-membered cyclic amide) rings is 1. The standard InChI is InChI=1S/C18H17FN2O2S/c1-11-3-8-14(24-2)9-15(11)17(22)20-16-10-21(18(16)23)13-6-4-12(19)5-7-13/h3-9,16H,10H2,1-2H3,(H,20,22). The zero-order chi connectivity index (χ0) is 17.3. The Kier molecular flexibility index (Phi) is 4.57. The van der Waals surface area contributed by atoms with Gasteiger partial charge in [0.15, 0.2) is 0 Å².